The number of rotatable bonds is 7. The van der Waals surface area contributed by atoms with E-state index in [2.05, 4.69) is 5.32 Å². The van der Waals surface area contributed by atoms with Crippen LogP contribution >= 0.6 is 11.3 Å². The van der Waals surface area contributed by atoms with Crippen LogP contribution in [0.15, 0.2) is 47.3 Å². The zero-order valence-corrected chi connectivity index (χ0v) is 19.4. The summed E-state index contributed by atoms with van der Waals surface area (Å²) in [6.45, 7) is 5.19. The monoisotopic (exact) mass is 478 g/mol. The summed E-state index contributed by atoms with van der Waals surface area (Å²) >= 11 is 1.05. The Balaban J connectivity index is 1.92. The molecule has 1 amide bonds. The lowest BCUT2D eigenvalue weighted by Crippen LogP contribution is -2.45. The molecule has 0 bridgehead atoms. The van der Waals surface area contributed by atoms with Crippen LogP contribution in [0.3, 0.4) is 0 Å². The predicted octanol–water partition coefficient (Wildman–Crippen LogP) is 3.35. The number of carbonyl (C=O) groups excluding carboxylic acids is 1. The molecule has 1 N–H and O–H groups in total. The Kier molecular flexibility index (Phi) is 6.37. The number of nitrogens with zero attached hydrogens (tertiary/aromatic N) is 3. The molecule has 0 unspecified atom stereocenters. The number of benzene rings is 2. The van der Waals surface area contributed by atoms with Crippen molar-refractivity contribution in [3.05, 3.63) is 62.2 Å². The molecule has 0 saturated carbocycles. The van der Waals surface area contributed by atoms with Crippen LogP contribution in [0.4, 0.5) is 17.1 Å². The number of aromatic nitrogens is 1. The second-order valence-corrected chi connectivity index (χ2v) is 10.4. The van der Waals surface area contributed by atoms with Crippen molar-refractivity contribution in [1.29, 1.82) is 0 Å². The van der Waals surface area contributed by atoms with Crippen LogP contribution in [0.2, 0.25) is 0 Å². The average Bonchev–Trinajstić information content (AvgIpc) is 3.02. The van der Waals surface area contributed by atoms with E-state index in [4.69, 9.17) is 0 Å². The topological polar surface area (TPSA) is 132 Å². The number of thiazole rings is 1. The van der Waals surface area contributed by atoms with E-state index in [0.717, 1.165) is 33.5 Å². The molecule has 10 nitrogen and oxygen atoms in total. The van der Waals surface area contributed by atoms with E-state index in [0.29, 0.717) is 10.4 Å². The molecule has 0 aliphatic heterocycles. The van der Waals surface area contributed by atoms with Gasteiger partial charge in [0.25, 0.3) is 5.69 Å². The normalized spacial score (nSPS) is 12.7. The van der Waals surface area contributed by atoms with Gasteiger partial charge in [-0.15, -0.1) is 0 Å². The van der Waals surface area contributed by atoms with Crippen molar-refractivity contribution in [3.63, 3.8) is 0 Å². The number of carbonyl (C=O) groups is 1. The zero-order chi connectivity index (χ0) is 23.8. The number of nitro benzene ring substituents is 1. The van der Waals surface area contributed by atoms with Crippen molar-refractivity contribution in [1.82, 2.24) is 4.57 Å². The number of non-ortho nitro benzene ring substituents is 1. The van der Waals surface area contributed by atoms with E-state index in [9.17, 15) is 28.1 Å². The minimum Gasteiger partial charge on any atom is -0.324 e. The average molecular weight is 479 g/mol. The van der Waals surface area contributed by atoms with Crippen LogP contribution in [-0.4, -0.2) is 36.1 Å². The van der Waals surface area contributed by atoms with Crippen molar-refractivity contribution in [3.8, 4) is 0 Å². The SMILES string of the molecule is CC(C)n1c(=O)sc2cc(NC(=O)[C@@H](C)N(c3cccc([N+](=O)[O-])c3)S(C)(=O)=O)ccc21. The van der Waals surface area contributed by atoms with E-state index >= 15 is 0 Å². The minimum absolute atomic E-state index is 0.00651. The van der Waals surface area contributed by atoms with Gasteiger partial charge in [-0.1, -0.05) is 17.4 Å². The van der Waals surface area contributed by atoms with E-state index in [1.165, 1.54) is 25.1 Å². The van der Waals surface area contributed by atoms with Gasteiger partial charge in [-0.25, -0.2) is 8.42 Å². The maximum atomic E-state index is 12.9. The molecule has 1 aromatic heterocycles. The molecule has 12 heteroatoms. The standard InChI is InChI=1S/C20H22N4O6S2/c1-12(2)22-17-9-8-14(10-18(17)31-20(22)26)21-19(25)13(3)23(32(4,29)30)15-6-5-7-16(11-15)24(27)28/h5-13H,1-4H3,(H,21,25)/t13-/m1/s1. The van der Waals surface area contributed by atoms with Crippen LogP contribution in [0.1, 0.15) is 26.8 Å². The molecule has 1 heterocycles. The van der Waals surface area contributed by atoms with E-state index < -0.39 is 26.9 Å². The Morgan fingerprint density at radius 1 is 1.19 bits per heavy atom. The van der Waals surface area contributed by atoms with Crippen molar-refractivity contribution >= 4 is 54.5 Å². The number of sulfonamides is 1. The molecular formula is C20H22N4O6S2. The zero-order valence-electron chi connectivity index (χ0n) is 17.8. The number of hydrogen-bond acceptors (Lipinski definition) is 7. The predicted molar refractivity (Wildman–Crippen MR) is 125 cm³/mol. The summed E-state index contributed by atoms with van der Waals surface area (Å²) in [6, 6.07) is 8.88. The lowest BCUT2D eigenvalue weighted by molar-refractivity contribution is -0.384. The Bertz CT molecular complexity index is 1360. The van der Waals surface area contributed by atoms with Gasteiger partial charge in [0, 0.05) is 23.9 Å². The molecule has 170 valence electrons. The first kappa shape index (κ1) is 23.4. The first-order chi connectivity index (χ1) is 14.9. The van der Waals surface area contributed by atoms with Gasteiger partial charge in [0.1, 0.15) is 6.04 Å². The fraction of sp³-hybridized carbons (Fsp3) is 0.300. The molecule has 0 radical (unpaired) electrons. The summed E-state index contributed by atoms with van der Waals surface area (Å²) in [5.41, 5.74) is 0.861. The summed E-state index contributed by atoms with van der Waals surface area (Å²) < 4.78 is 28.0. The van der Waals surface area contributed by atoms with Crippen LogP contribution in [0.5, 0.6) is 0 Å². The smallest absolute Gasteiger partial charge is 0.308 e. The molecule has 0 saturated heterocycles. The first-order valence-electron chi connectivity index (χ1n) is 9.60. The lowest BCUT2D eigenvalue weighted by atomic mass is 10.2. The molecular weight excluding hydrogens is 456 g/mol. The van der Waals surface area contributed by atoms with Gasteiger partial charge in [0.2, 0.25) is 15.9 Å². The summed E-state index contributed by atoms with van der Waals surface area (Å²) in [7, 11) is -3.94. The van der Waals surface area contributed by atoms with Gasteiger partial charge in [0.05, 0.1) is 27.1 Å². The first-order valence-corrected chi connectivity index (χ1v) is 12.3. The van der Waals surface area contributed by atoms with Gasteiger partial charge in [-0.3, -0.25) is 28.6 Å². The van der Waals surface area contributed by atoms with E-state index in [1.807, 2.05) is 13.8 Å². The third kappa shape index (κ3) is 4.65. The highest BCUT2D eigenvalue weighted by Crippen LogP contribution is 2.27. The van der Waals surface area contributed by atoms with Crippen LogP contribution in [0.25, 0.3) is 10.2 Å². The highest BCUT2D eigenvalue weighted by atomic mass is 32.2. The minimum atomic E-state index is -3.94. The second kappa shape index (κ2) is 8.71. The van der Waals surface area contributed by atoms with Gasteiger partial charge in [0.15, 0.2) is 0 Å². The largest absolute Gasteiger partial charge is 0.324 e. The third-order valence-electron chi connectivity index (χ3n) is 4.78. The highest BCUT2D eigenvalue weighted by Gasteiger charge is 2.30. The fourth-order valence-corrected chi connectivity index (χ4v) is 5.62. The van der Waals surface area contributed by atoms with Crippen molar-refractivity contribution in [2.24, 2.45) is 0 Å². The van der Waals surface area contributed by atoms with E-state index in [1.54, 1.807) is 22.8 Å². The van der Waals surface area contributed by atoms with Gasteiger partial charge >= 0.3 is 4.87 Å². The highest BCUT2D eigenvalue weighted by molar-refractivity contribution is 7.92. The van der Waals surface area contributed by atoms with Crippen molar-refractivity contribution in [2.45, 2.75) is 32.9 Å². The van der Waals surface area contributed by atoms with Crippen LogP contribution in [0, 0.1) is 10.1 Å². The molecule has 32 heavy (non-hydrogen) atoms. The van der Waals surface area contributed by atoms with E-state index in [-0.39, 0.29) is 22.3 Å². The molecule has 3 rings (SSSR count). The third-order valence-corrected chi connectivity index (χ3v) is 6.94. The summed E-state index contributed by atoms with van der Waals surface area (Å²) in [4.78, 5) is 35.5. The summed E-state index contributed by atoms with van der Waals surface area (Å²) in [5, 5.41) is 13.7. The number of amides is 1. The lowest BCUT2D eigenvalue weighted by Gasteiger charge is -2.28. The van der Waals surface area contributed by atoms with Crippen LogP contribution < -0.4 is 14.5 Å². The van der Waals surface area contributed by atoms with Crippen molar-refractivity contribution in [2.75, 3.05) is 15.9 Å². The Morgan fingerprint density at radius 3 is 2.47 bits per heavy atom. The molecule has 0 aliphatic carbocycles. The van der Waals surface area contributed by atoms with Crippen LogP contribution in [-0.2, 0) is 14.8 Å². The second-order valence-electron chi connectivity index (χ2n) is 7.52. The Hall–Kier alpha value is -3.25. The Morgan fingerprint density at radius 2 is 1.88 bits per heavy atom. The van der Waals surface area contributed by atoms with Gasteiger partial charge in [-0.05, 0) is 45.0 Å². The molecule has 0 fully saturated rings. The fourth-order valence-electron chi connectivity index (χ4n) is 3.40. The van der Waals surface area contributed by atoms with Gasteiger partial charge in [-0.2, -0.15) is 0 Å². The van der Waals surface area contributed by atoms with Gasteiger partial charge < -0.3 is 5.32 Å². The molecule has 1 atom stereocenters. The maximum absolute atomic E-state index is 12.9. The van der Waals surface area contributed by atoms with Crippen molar-refractivity contribution < 1.29 is 18.1 Å². The number of nitrogens with one attached hydrogen (secondary N) is 1. The maximum Gasteiger partial charge on any atom is 0.308 e. The number of nitro groups is 1. The number of anilines is 2. The number of hydrogen-bond donors (Lipinski definition) is 1. The molecule has 2 aromatic carbocycles. The number of fused-ring (bicyclic) bond motifs is 1. The summed E-state index contributed by atoms with van der Waals surface area (Å²) in [6.07, 6.45) is 0.924. The summed E-state index contributed by atoms with van der Waals surface area (Å²) in [5.74, 6) is -0.628. The Labute approximate surface area is 188 Å². The molecule has 3 aromatic rings. The molecule has 0 aliphatic rings. The molecule has 0 spiro atoms. The quantitative estimate of drug-likeness (QED) is 0.409.